The van der Waals surface area contributed by atoms with Gasteiger partial charge in [0.15, 0.2) is 20.6 Å². The summed E-state index contributed by atoms with van der Waals surface area (Å²) in [6, 6.07) is 12.8. The number of rotatable bonds is 4. The summed E-state index contributed by atoms with van der Waals surface area (Å²) in [5.41, 5.74) is 0.122. The van der Waals surface area contributed by atoms with Crippen molar-refractivity contribution in [1.29, 1.82) is 0 Å². The van der Waals surface area contributed by atoms with Gasteiger partial charge in [0.1, 0.15) is 0 Å². The summed E-state index contributed by atoms with van der Waals surface area (Å²) in [5.74, 6) is -0.609. The lowest BCUT2D eigenvalue weighted by Gasteiger charge is -2.36. The Labute approximate surface area is 174 Å². The number of carbonyl (C=O) groups excluding carboxylic acids is 2. The van der Waals surface area contributed by atoms with E-state index in [-0.39, 0.29) is 5.91 Å². The van der Waals surface area contributed by atoms with E-state index in [4.69, 9.17) is 9.16 Å². The Bertz CT molecular complexity index is 928. The molecule has 1 aliphatic rings. The predicted molar refractivity (Wildman–Crippen MR) is 117 cm³/mol. The molecule has 0 aromatic heterocycles. The largest absolute Gasteiger partial charge is 0.439 e. The average molecular weight is 414 g/mol. The Morgan fingerprint density at radius 1 is 1.10 bits per heavy atom. The second-order valence-electron chi connectivity index (χ2n) is 9.81. The van der Waals surface area contributed by atoms with Gasteiger partial charge < -0.3 is 9.16 Å². The smallest absolute Gasteiger partial charge is 0.333 e. The van der Waals surface area contributed by atoms with Crippen molar-refractivity contribution in [2.24, 2.45) is 5.41 Å². The van der Waals surface area contributed by atoms with Gasteiger partial charge in [-0.2, -0.15) is 0 Å². The maximum Gasteiger partial charge on any atom is 0.333 e. The fraction of sp³-hybridized carbons (Fsp3) is 0.478. The van der Waals surface area contributed by atoms with Crippen molar-refractivity contribution in [3.63, 3.8) is 0 Å². The van der Waals surface area contributed by atoms with Crippen LogP contribution >= 0.6 is 0 Å². The van der Waals surface area contributed by atoms with Gasteiger partial charge in [0.2, 0.25) is 0 Å². The monoisotopic (exact) mass is 413 g/mol. The minimum atomic E-state index is -1.91. The van der Waals surface area contributed by atoms with E-state index in [2.05, 4.69) is 19.6 Å². The van der Waals surface area contributed by atoms with E-state index in [1.165, 1.54) is 0 Å². The second-order valence-corrected chi connectivity index (χ2v) is 14.3. The van der Waals surface area contributed by atoms with Crippen molar-refractivity contribution in [2.45, 2.75) is 65.7 Å². The van der Waals surface area contributed by atoms with Crippen molar-refractivity contribution < 1.29 is 18.8 Å². The predicted octanol–water partition coefficient (Wildman–Crippen LogP) is 4.82. The van der Waals surface area contributed by atoms with Gasteiger partial charge >= 0.3 is 5.97 Å². The van der Waals surface area contributed by atoms with Crippen LogP contribution in [0.1, 0.15) is 38.1 Å². The molecule has 1 saturated heterocycles. The van der Waals surface area contributed by atoms with E-state index in [9.17, 15) is 9.59 Å². The first-order valence-corrected chi connectivity index (χ1v) is 13.5. The lowest BCUT2D eigenvalue weighted by atomic mass is 9.92. The van der Waals surface area contributed by atoms with E-state index >= 15 is 0 Å². The number of hydrogen-bond donors (Lipinski definition) is 0. The molecule has 5 nitrogen and oxygen atoms in total. The fourth-order valence-corrected chi connectivity index (χ4v) is 5.08. The third-order valence-electron chi connectivity index (χ3n) is 4.98. The molecule has 3 atom stereocenters. The number of esters is 1. The number of ether oxygens (including phenoxy) is 1. The van der Waals surface area contributed by atoms with Gasteiger partial charge in [-0.25, -0.2) is 4.79 Å². The first-order chi connectivity index (χ1) is 13.4. The molecule has 29 heavy (non-hydrogen) atoms. The van der Waals surface area contributed by atoms with Crippen molar-refractivity contribution in [2.75, 3.05) is 0 Å². The fourth-order valence-electron chi connectivity index (χ4n) is 3.83. The second kappa shape index (κ2) is 7.57. The van der Waals surface area contributed by atoms with Crippen LogP contribution in [0.4, 0.5) is 0 Å². The van der Waals surface area contributed by atoms with Gasteiger partial charge in [-0.1, -0.05) is 51.1 Å². The molecule has 3 unspecified atom stereocenters. The number of benzene rings is 2. The van der Waals surface area contributed by atoms with Gasteiger partial charge in [-0.3, -0.25) is 9.69 Å². The van der Waals surface area contributed by atoms with Crippen LogP contribution in [0.3, 0.4) is 0 Å². The quantitative estimate of drug-likeness (QED) is 0.533. The molecule has 1 aliphatic heterocycles. The van der Waals surface area contributed by atoms with Crippen LogP contribution in [-0.4, -0.2) is 43.5 Å². The van der Waals surface area contributed by atoms with E-state index in [1.54, 1.807) is 4.90 Å². The Balaban J connectivity index is 2.02. The highest BCUT2D eigenvalue weighted by Gasteiger charge is 2.52. The number of cyclic esters (lactones) is 1. The van der Waals surface area contributed by atoms with Gasteiger partial charge in [0.05, 0.1) is 6.10 Å². The number of nitrogens with zero attached hydrogens (tertiary/aromatic N) is 1. The number of fused-ring (bicyclic) bond motifs is 1. The van der Waals surface area contributed by atoms with Gasteiger partial charge in [-0.15, -0.1) is 0 Å². The molecule has 1 amide bonds. The Kier molecular flexibility index (Phi) is 5.62. The maximum absolute atomic E-state index is 13.6. The summed E-state index contributed by atoms with van der Waals surface area (Å²) in [4.78, 5) is 28.1. The molecule has 0 spiro atoms. The SMILES string of the molecule is CC(O[Si](C)(C)C)C1C(=O)OC(C(C)(C)C)N1C(=O)c1ccc2ccccc2c1. The van der Waals surface area contributed by atoms with Crippen LogP contribution in [0, 0.1) is 5.41 Å². The van der Waals surface area contributed by atoms with Crippen molar-refractivity contribution in [3.8, 4) is 0 Å². The third-order valence-corrected chi connectivity index (χ3v) is 6.06. The number of hydrogen-bond acceptors (Lipinski definition) is 4. The van der Waals surface area contributed by atoms with Gasteiger partial charge in [0, 0.05) is 11.0 Å². The van der Waals surface area contributed by atoms with E-state index in [0.717, 1.165) is 10.8 Å². The lowest BCUT2D eigenvalue weighted by molar-refractivity contribution is -0.147. The summed E-state index contributed by atoms with van der Waals surface area (Å²) >= 11 is 0. The van der Waals surface area contributed by atoms with Crippen LogP contribution in [0.2, 0.25) is 19.6 Å². The molecule has 0 bridgehead atoms. The molecular formula is C23H31NO4Si. The highest BCUT2D eigenvalue weighted by Crippen LogP contribution is 2.36. The molecule has 0 aliphatic carbocycles. The minimum absolute atomic E-state index is 0.211. The highest BCUT2D eigenvalue weighted by atomic mass is 28.4. The highest BCUT2D eigenvalue weighted by molar-refractivity contribution is 6.69. The normalized spacial score (nSPS) is 21.3. The lowest BCUT2D eigenvalue weighted by Crippen LogP contribution is -2.53. The van der Waals surface area contributed by atoms with Crippen LogP contribution in [0.25, 0.3) is 10.8 Å². The van der Waals surface area contributed by atoms with Gasteiger partial charge in [-0.05, 0) is 49.5 Å². The van der Waals surface area contributed by atoms with Gasteiger partial charge in [0.25, 0.3) is 5.91 Å². The third kappa shape index (κ3) is 4.54. The summed E-state index contributed by atoms with van der Waals surface area (Å²) in [7, 11) is -1.91. The molecule has 1 fully saturated rings. The number of carbonyl (C=O) groups is 2. The molecule has 0 N–H and O–H groups in total. The van der Waals surface area contributed by atoms with Crippen molar-refractivity contribution >= 4 is 31.0 Å². The first kappa shape index (κ1) is 21.5. The van der Waals surface area contributed by atoms with Crippen molar-refractivity contribution in [3.05, 3.63) is 48.0 Å². The Hall–Kier alpha value is -2.18. The molecule has 0 radical (unpaired) electrons. The number of amides is 1. The topological polar surface area (TPSA) is 55.8 Å². The summed E-state index contributed by atoms with van der Waals surface area (Å²) in [6.45, 7) is 14.0. The standard InChI is InChI=1S/C23H31NO4Si/c1-15(28-29(5,6)7)19-21(26)27-22(23(2,3)4)24(19)20(25)18-13-12-16-10-8-9-11-17(16)14-18/h8-15,19,22H,1-7H3. The zero-order chi connectivity index (χ0) is 21.6. The zero-order valence-corrected chi connectivity index (χ0v) is 19.4. The molecule has 2 aromatic rings. The van der Waals surface area contributed by atoms with E-state index in [0.29, 0.717) is 5.56 Å². The summed E-state index contributed by atoms with van der Waals surface area (Å²) < 4.78 is 11.9. The summed E-state index contributed by atoms with van der Waals surface area (Å²) in [5, 5.41) is 2.05. The maximum atomic E-state index is 13.6. The zero-order valence-electron chi connectivity index (χ0n) is 18.4. The van der Waals surface area contributed by atoms with Crippen molar-refractivity contribution in [1.82, 2.24) is 4.90 Å². The minimum Gasteiger partial charge on any atom is -0.439 e. The first-order valence-electron chi connectivity index (χ1n) is 10.1. The molecule has 6 heteroatoms. The molecule has 1 heterocycles. The van der Waals surface area contributed by atoms with E-state index in [1.807, 2.05) is 70.2 Å². The average Bonchev–Trinajstić information content (AvgIpc) is 2.97. The Morgan fingerprint density at radius 2 is 1.72 bits per heavy atom. The Morgan fingerprint density at radius 3 is 2.31 bits per heavy atom. The van der Waals surface area contributed by atoms with Crippen LogP contribution in [0.5, 0.6) is 0 Å². The van der Waals surface area contributed by atoms with Crippen LogP contribution < -0.4 is 0 Å². The van der Waals surface area contributed by atoms with Crippen LogP contribution in [0.15, 0.2) is 42.5 Å². The molecule has 2 aromatic carbocycles. The molecule has 156 valence electrons. The molecule has 3 rings (SSSR count). The molecule has 0 saturated carbocycles. The summed E-state index contributed by atoms with van der Waals surface area (Å²) in [6.07, 6.45) is -1.09. The van der Waals surface area contributed by atoms with E-state index < -0.39 is 38.1 Å². The van der Waals surface area contributed by atoms with Crippen LogP contribution in [-0.2, 0) is 14.0 Å². The molecular weight excluding hydrogens is 382 g/mol.